The Morgan fingerprint density at radius 2 is 1.89 bits per heavy atom. The summed E-state index contributed by atoms with van der Waals surface area (Å²) in [7, 11) is -4.20. The fourth-order valence-corrected chi connectivity index (χ4v) is 4.40. The molecule has 0 saturated carbocycles. The summed E-state index contributed by atoms with van der Waals surface area (Å²) in [5, 5.41) is 8.24. The Labute approximate surface area is 166 Å². The van der Waals surface area contributed by atoms with Crippen LogP contribution in [0.4, 0.5) is 0 Å². The average molecular weight is 431 g/mol. The van der Waals surface area contributed by atoms with Gasteiger partial charge in [0.05, 0.1) is 17.9 Å². The van der Waals surface area contributed by atoms with Crippen molar-refractivity contribution in [3.05, 3.63) is 63.4 Å². The van der Waals surface area contributed by atoms with Crippen LogP contribution in [0, 0.1) is 0 Å². The van der Waals surface area contributed by atoms with Crippen molar-refractivity contribution in [3.8, 4) is 0 Å². The van der Waals surface area contributed by atoms with E-state index in [0.717, 1.165) is 6.20 Å². The van der Waals surface area contributed by atoms with Gasteiger partial charge in [-0.05, 0) is 42.3 Å². The molecule has 144 valence electrons. The van der Waals surface area contributed by atoms with Crippen molar-refractivity contribution in [2.75, 3.05) is 0 Å². The molecular formula is C17H16Cl2N2O5S. The van der Waals surface area contributed by atoms with Crippen LogP contribution in [0.2, 0.25) is 10.0 Å². The van der Waals surface area contributed by atoms with Crippen molar-refractivity contribution in [2.24, 2.45) is 0 Å². The highest BCUT2D eigenvalue weighted by Gasteiger charge is 2.29. The van der Waals surface area contributed by atoms with Crippen LogP contribution in [0.3, 0.4) is 0 Å². The van der Waals surface area contributed by atoms with Crippen LogP contribution in [0.15, 0.2) is 36.5 Å². The Bertz CT molecular complexity index is 913. The maximum atomic E-state index is 12.8. The molecule has 0 aliphatic rings. The Hall–Kier alpha value is -2.00. The molecule has 0 spiro atoms. The lowest BCUT2D eigenvalue weighted by Crippen LogP contribution is -2.34. The van der Waals surface area contributed by atoms with Crippen LogP contribution in [-0.2, 0) is 21.4 Å². The molecule has 0 fully saturated rings. The first kappa shape index (κ1) is 21.3. The van der Waals surface area contributed by atoms with E-state index >= 15 is 0 Å². The number of hydrogen-bond donors (Lipinski definition) is 2. The van der Waals surface area contributed by atoms with Crippen LogP contribution < -0.4 is 4.72 Å². The van der Waals surface area contributed by atoms with E-state index < -0.39 is 21.2 Å². The van der Waals surface area contributed by atoms with Crippen molar-refractivity contribution in [2.45, 2.75) is 24.7 Å². The number of rotatable bonds is 8. The summed E-state index contributed by atoms with van der Waals surface area (Å²) >= 11 is 11.9. The van der Waals surface area contributed by atoms with E-state index in [2.05, 4.69) is 4.98 Å². The Morgan fingerprint density at radius 1 is 1.22 bits per heavy atom. The monoisotopic (exact) mass is 430 g/mol. The molecular weight excluding hydrogens is 415 g/mol. The van der Waals surface area contributed by atoms with Crippen molar-refractivity contribution >= 4 is 45.4 Å². The van der Waals surface area contributed by atoms with Gasteiger partial charge in [0, 0.05) is 22.7 Å². The Kier molecular flexibility index (Phi) is 7.32. The van der Waals surface area contributed by atoms with E-state index in [0.29, 0.717) is 12.0 Å². The number of carbonyl (C=O) groups excluding carboxylic acids is 2. The predicted molar refractivity (Wildman–Crippen MR) is 101 cm³/mol. The van der Waals surface area contributed by atoms with Crippen LogP contribution in [-0.4, -0.2) is 30.7 Å². The number of sulfonamides is 1. The van der Waals surface area contributed by atoms with Crippen molar-refractivity contribution in [3.63, 3.8) is 0 Å². The van der Waals surface area contributed by atoms with Gasteiger partial charge < -0.3 is 9.90 Å². The molecule has 0 radical (unpaired) electrons. The molecule has 2 N–H and O–H groups in total. The average Bonchev–Trinajstić information content (AvgIpc) is 2.60. The summed E-state index contributed by atoms with van der Waals surface area (Å²) < 4.78 is 27.5. The molecule has 2 rings (SSSR count). The second kappa shape index (κ2) is 9.27. The first-order valence-corrected chi connectivity index (χ1v) is 10.1. The van der Waals surface area contributed by atoms with E-state index in [1.807, 2.05) is 4.72 Å². The summed E-state index contributed by atoms with van der Waals surface area (Å²) in [6, 6.07) is 7.04. The van der Waals surface area contributed by atoms with E-state index in [1.165, 1.54) is 30.3 Å². The van der Waals surface area contributed by atoms with Crippen molar-refractivity contribution < 1.29 is 23.1 Å². The maximum Gasteiger partial charge on any atom is 0.266 e. The fourth-order valence-electron chi connectivity index (χ4n) is 2.39. The molecule has 10 heteroatoms. The van der Waals surface area contributed by atoms with Gasteiger partial charge in [-0.15, -0.1) is 0 Å². The number of hydrogen-bond acceptors (Lipinski definition) is 6. The minimum absolute atomic E-state index is 0.00837. The molecule has 1 heterocycles. The van der Waals surface area contributed by atoms with Gasteiger partial charge in [0.15, 0.2) is 0 Å². The molecule has 2 aromatic rings. The minimum Gasteiger partial charge on any atom is -0.390 e. The molecule has 7 nitrogen and oxygen atoms in total. The van der Waals surface area contributed by atoms with Crippen molar-refractivity contribution in [1.29, 1.82) is 0 Å². The maximum absolute atomic E-state index is 12.8. The van der Waals surface area contributed by atoms with Gasteiger partial charge in [-0.2, -0.15) is 0 Å². The van der Waals surface area contributed by atoms with Gasteiger partial charge in [-0.3, -0.25) is 9.78 Å². The van der Waals surface area contributed by atoms with Crippen LogP contribution in [0.25, 0.3) is 0 Å². The van der Waals surface area contributed by atoms with E-state index in [9.17, 15) is 18.0 Å². The zero-order chi connectivity index (χ0) is 20.0. The number of carbonyl (C=O) groups is 2. The molecule has 1 amide bonds. The number of amides is 1. The van der Waals surface area contributed by atoms with E-state index in [-0.39, 0.29) is 40.6 Å². The third kappa shape index (κ3) is 5.74. The van der Waals surface area contributed by atoms with Crippen molar-refractivity contribution in [1.82, 2.24) is 9.71 Å². The summed E-state index contributed by atoms with van der Waals surface area (Å²) in [6.45, 7) is -0.302. The number of halogens is 2. The van der Waals surface area contributed by atoms with Gasteiger partial charge in [0.25, 0.3) is 5.91 Å². The summed E-state index contributed by atoms with van der Waals surface area (Å²) in [4.78, 5) is 26.9. The van der Waals surface area contributed by atoms with Gasteiger partial charge in [0.2, 0.25) is 10.0 Å². The number of pyridine rings is 1. The molecule has 1 aromatic carbocycles. The number of benzene rings is 1. The molecule has 0 bridgehead atoms. The Balaban J connectivity index is 2.31. The molecule has 1 atom stereocenters. The smallest absolute Gasteiger partial charge is 0.266 e. The molecule has 1 unspecified atom stereocenters. The van der Waals surface area contributed by atoms with Gasteiger partial charge in [-0.25, -0.2) is 13.1 Å². The first-order chi connectivity index (χ1) is 12.8. The molecule has 0 aliphatic carbocycles. The number of nitrogens with one attached hydrogen (secondary N) is 1. The second-order valence-corrected chi connectivity index (χ2v) is 8.34. The number of nitrogens with zero attached hydrogens (tertiary/aromatic N) is 1. The Morgan fingerprint density at radius 3 is 2.41 bits per heavy atom. The van der Waals surface area contributed by atoms with Crippen LogP contribution >= 0.6 is 23.2 Å². The third-order valence-corrected chi connectivity index (χ3v) is 5.83. The second-order valence-electron chi connectivity index (χ2n) is 5.61. The number of aliphatic hydroxyl groups excluding tert-OH is 1. The summed E-state index contributed by atoms with van der Waals surface area (Å²) in [5.41, 5.74) is 0.615. The molecule has 1 aromatic heterocycles. The topological polar surface area (TPSA) is 113 Å². The quantitative estimate of drug-likeness (QED) is 0.622. The molecule has 27 heavy (non-hydrogen) atoms. The SMILES string of the molecule is O=CCCC(c1cc(Cl)cc(Cl)c1)S(=O)(=O)NC(=O)c1ccc(CO)nc1. The van der Waals surface area contributed by atoms with Gasteiger partial charge in [-0.1, -0.05) is 23.2 Å². The lowest BCUT2D eigenvalue weighted by molar-refractivity contribution is -0.107. The minimum atomic E-state index is -4.20. The standard InChI is InChI=1S/C17H16Cl2N2O5S/c18-13-6-12(7-14(19)8-13)16(2-1-5-22)27(25,26)21-17(24)11-3-4-15(10-23)20-9-11/h3-9,16,23H,1-2,10H2,(H,21,24). The lowest BCUT2D eigenvalue weighted by atomic mass is 10.1. The van der Waals surface area contributed by atoms with E-state index in [4.69, 9.17) is 28.3 Å². The largest absolute Gasteiger partial charge is 0.390 e. The normalized spacial score (nSPS) is 12.4. The highest BCUT2D eigenvalue weighted by Crippen LogP contribution is 2.31. The predicted octanol–water partition coefficient (Wildman–Crippen LogP) is 2.66. The number of aromatic nitrogens is 1. The van der Waals surface area contributed by atoms with Gasteiger partial charge >= 0.3 is 0 Å². The molecule has 0 aliphatic heterocycles. The van der Waals surface area contributed by atoms with Crippen LogP contribution in [0.1, 0.15) is 39.7 Å². The number of aldehydes is 1. The van der Waals surface area contributed by atoms with Crippen LogP contribution in [0.5, 0.6) is 0 Å². The van der Waals surface area contributed by atoms with E-state index in [1.54, 1.807) is 0 Å². The first-order valence-electron chi connectivity index (χ1n) is 7.78. The number of aliphatic hydroxyl groups is 1. The zero-order valence-electron chi connectivity index (χ0n) is 13.9. The third-order valence-electron chi connectivity index (χ3n) is 3.66. The summed E-state index contributed by atoms with van der Waals surface area (Å²) in [5.74, 6) is -0.879. The lowest BCUT2D eigenvalue weighted by Gasteiger charge is -2.18. The highest BCUT2D eigenvalue weighted by atomic mass is 35.5. The van der Waals surface area contributed by atoms with Gasteiger partial charge in [0.1, 0.15) is 11.5 Å². The zero-order valence-corrected chi connectivity index (χ0v) is 16.3. The fraction of sp³-hybridized carbons (Fsp3) is 0.235. The summed E-state index contributed by atoms with van der Waals surface area (Å²) in [6.07, 6.45) is 1.67. The molecule has 0 saturated heterocycles. The highest BCUT2D eigenvalue weighted by molar-refractivity contribution is 7.90.